The van der Waals surface area contributed by atoms with Gasteiger partial charge in [0.1, 0.15) is 18.3 Å². The number of hydrogen-bond donors (Lipinski definition) is 1. The minimum absolute atomic E-state index is 0.0255. The molecule has 1 heterocycles. The van der Waals surface area contributed by atoms with Crippen LogP contribution in [0.3, 0.4) is 0 Å². The van der Waals surface area contributed by atoms with Crippen molar-refractivity contribution in [2.24, 2.45) is 17.8 Å². The van der Waals surface area contributed by atoms with Gasteiger partial charge in [0.05, 0.1) is 5.69 Å². The summed E-state index contributed by atoms with van der Waals surface area (Å²) in [6.45, 7) is 0.148. The topological polar surface area (TPSA) is 43.0 Å². The zero-order valence-electron chi connectivity index (χ0n) is 14.4. The summed E-state index contributed by atoms with van der Waals surface area (Å²) in [5, 5.41) is 7.49. The molecule has 6 rings (SSSR count). The lowest BCUT2D eigenvalue weighted by Gasteiger charge is -2.55. The minimum atomic E-state index is -0.511. The molecule has 138 valence electrons. The van der Waals surface area contributed by atoms with Gasteiger partial charge in [-0.15, -0.1) is 5.10 Å². The van der Waals surface area contributed by atoms with Crippen molar-refractivity contribution in [2.45, 2.75) is 50.6 Å². The third-order valence-electron chi connectivity index (χ3n) is 6.45. The molecule has 0 spiro atoms. The van der Waals surface area contributed by atoms with Crippen molar-refractivity contribution in [3.63, 3.8) is 0 Å². The lowest BCUT2D eigenvalue weighted by atomic mass is 9.49. The molecule has 1 aromatic carbocycles. The first kappa shape index (κ1) is 16.4. The van der Waals surface area contributed by atoms with E-state index in [2.05, 4.69) is 10.4 Å². The maximum absolute atomic E-state index is 13.8. The Morgan fingerprint density at radius 2 is 1.81 bits per heavy atom. The molecular weight excluding hydrogens is 356 g/mol. The molecule has 4 saturated carbocycles. The Bertz CT molecular complexity index is 871. The van der Waals surface area contributed by atoms with E-state index >= 15 is 0 Å². The first-order valence-corrected chi connectivity index (χ1v) is 9.69. The molecule has 26 heavy (non-hydrogen) atoms. The molecule has 4 nitrogen and oxygen atoms in total. The normalized spacial score (nSPS) is 32.2. The van der Waals surface area contributed by atoms with Crippen LogP contribution in [-0.4, -0.2) is 9.78 Å². The van der Waals surface area contributed by atoms with Gasteiger partial charge in [-0.25, -0.2) is 13.5 Å². The van der Waals surface area contributed by atoms with E-state index < -0.39 is 11.6 Å². The van der Waals surface area contributed by atoms with E-state index in [1.807, 2.05) is 0 Å². The van der Waals surface area contributed by atoms with Gasteiger partial charge in [0.2, 0.25) is 5.89 Å². The van der Waals surface area contributed by atoms with Crippen LogP contribution in [0.4, 0.5) is 14.5 Å². The lowest BCUT2D eigenvalue weighted by molar-refractivity contribution is -0.0181. The third-order valence-corrected chi connectivity index (χ3v) is 6.74. The van der Waals surface area contributed by atoms with Gasteiger partial charge in [-0.05, 0) is 80.6 Å². The predicted molar refractivity (Wildman–Crippen MR) is 95.2 cm³/mol. The quantitative estimate of drug-likeness (QED) is 0.760. The predicted octanol–water partition coefficient (Wildman–Crippen LogP) is 5.02. The fourth-order valence-corrected chi connectivity index (χ4v) is 5.97. The zero-order valence-corrected chi connectivity index (χ0v) is 15.2. The van der Waals surface area contributed by atoms with Crippen LogP contribution in [0.15, 0.2) is 22.6 Å². The largest absolute Gasteiger partial charge is 0.413 e. The third kappa shape index (κ3) is 2.68. The summed E-state index contributed by atoms with van der Waals surface area (Å²) >= 11 is 5.33. The summed E-state index contributed by atoms with van der Waals surface area (Å²) in [6.07, 6.45) is 7.46. The molecule has 4 bridgehead atoms. The monoisotopic (exact) mass is 377 g/mol. The van der Waals surface area contributed by atoms with Crippen LogP contribution in [0.25, 0.3) is 0 Å². The Kier molecular flexibility index (Phi) is 3.71. The van der Waals surface area contributed by atoms with E-state index in [-0.39, 0.29) is 22.6 Å². The van der Waals surface area contributed by atoms with Crippen molar-refractivity contribution in [1.29, 1.82) is 0 Å². The van der Waals surface area contributed by atoms with Gasteiger partial charge in [-0.2, -0.15) is 0 Å². The second-order valence-electron chi connectivity index (χ2n) is 8.33. The molecule has 0 amide bonds. The Morgan fingerprint density at radius 3 is 2.46 bits per heavy atom. The van der Waals surface area contributed by atoms with Crippen molar-refractivity contribution < 1.29 is 13.2 Å². The van der Waals surface area contributed by atoms with Gasteiger partial charge >= 0.3 is 0 Å². The molecule has 0 saturated heterocycles. The average Bonchev–Trinajstić information content (AvgIpc) is 2.96. The van der Waals surface area contributed by atoms with E-state index in [9.17, 15) is 8.78 Å². The summed E-state index contributed by atoms with van der Waals surface area (Å²) in [7, 11) is 0. The van der Waals surface area contributed by atoms with Gasteiger partial charge in [-0.3, -0.25) is 0 Å². The first-order valence-electron chi connectivity index (χ1n) is 9.28. The Morgan fingerprint density at radius 1 is 1.15 bits per heavy atom. The van der Waals surface area contributed by atoms with Crippen LogP contribution in [0.5, 0.6) is 0 Å². The molecule has 1 aromatic heterocycles. The maximum Gasteiger partial charge on any atom is 0.288 e. The average molecular weight is 377 g/mol. The van der Waals surface area contributed by atoms with Gasteiger partial charge in [0.15, 0.2) is 0 Å². The van der Waals surface area contributed by atoms with Crippen LogP contribution in [0.1, 0.15) is 44.4 Å². The highest BCUT2D eigenvalue weighted by Gasteiger charge is 2.54. The molecule has 2 aromatic rings. The minimum Gasteiger partial charge on any atom is -0.413 e. The van der Waals surface area contributed by atoms with Crippen LogP contribution in [0, 0.1) is 34.2 Å². The van der Waals surface area contributed by atoms with Gasteiger partial charge in [0, 0.05) is 11.5 Å². The lowest BCUT2D eigenvalue weighted by Crippen LogP contribution is -2.48. The van der Waals surface area contributed by atoms with Crippen molar-refractivity contribution in [1.82, 2.24) is 9.78 Å². The van der Waals surface area contributed by atoms with Gasteiger partial charge in [0.25, 0.3) is 4.84 Å². The van der Waals surface area contributed by atoms with E-state index in [1.54, 1.807) is 0 Å². The zero-order chi connectivity index (χ0) is 17.9. The van der Waals surface area contributed by atoms with Crippen LogP contribution < -0.4 is 5.32 Å². The molecular formula is C19H21F2N3OS. The van der Waals surface area contributed by atoms with E-state index in [4.69, 9.17) is 16.6 Å². The summed E-state index contributed by atoms with van der Waals surface area (Å²) in [4.78, 5) is 0.278. The van der Waals surface area contributed by atoms with Crippen LogP contribution >= 0.6 is 12.2 Å². The highest BCUT2D eigenvalue weighted by Crippen LogP contribution is 2.60. The van der Waals surface area contributed by atoms with Crippen molar-refractivity contribution in [3.8, 4) is 0 Å². The number of aromatic nitrogens is 2. The first-order chi connectivity index (χ1) is 12.5. The Hall–Kier alpha value is -1.76. The number of nitrogens with zero attached hydrogens (tertiary/aromatic N) is 2. The fourth-order valence-electron chi connectivity index (χ4n) is 5.79. The van der Waals surface area contributed by atoms with Crippen molar-refractivity contribution in [2.75, 3.05) is 5.32 Å². The summed E-state index contributed by atoms with van der Waals surface area (Å²) in [5.74, 6) is 2.09. The standard InChI is InChI=1S/C19H21F2N3OS/c20-14-1-2-15(21)16(6-14)22-10-24-18(26)25-17(23-24)19-7-11-3-12(8-19)5-13(4-11)9-19/h1-2,6,11-13,22H,3-5,7-10H2. The van der Waals surface area contributed by atoms with E-state index in [1.165, 1.54) is 23.9 Å². The Balaban J connectivity index is 1.39. The van der Waals surface area contributed by atoms with E-state index in [0.29, 0.717) is 0 Å². The number of nitrogens with one attached hydrogen (secondary N) is 1. The number of anilines is 1. The molecule has 0 unspecified atom stereocenters. The highest BCUT2D eigenvalue weighted by molar-refractivity contribution is 7.71. The summed E-state index contributed by atoms with van der Waals surface area (Å²) < 4.78 is 34.5. The smallest absolute Gasteiger partial charge is 0.288 e. The molecule has 7 heteroatoms. The number of halogens is 2. The van der Waals surface area contributed by atoms with Gasteiger partial charge < -0.3 is 9.73 Å². The van der Waals surface area contributed by atoms with Crippen LogP contribution in [-0.2, 0) is 12.1 Å². The maximum atomic E-state index is 13.8. The SMILES string of the molecule is Fc1ccc(F)c(NCn2nc(C34CC5CC(CC(C5)C3)C4)oc2=S)c1. The molecule has 0 radical (unpaired) electrons. The molecule has 4 aliphatic carbocycles. The van der Waals surface area contributed by atoms with Crippen molar-refractivity contribution >= 4 is 17.9 Å². The summed E-state index contributed by atoms with van der Waals surface area (Å²) in [6, 6.07) is 3.31. The number of hydrogen-bond acceptors (Lipinski definition) is 4. The fraction of sp³-hybridized carbons (Fsp3) is 0.579. The Labute approximate surface area is 155 Å². The highest BCUT2D eigenvalue weighted by atomic mass is 32.1. The molecule has 4 fully saturated rings. The number of benzene rings is 1. The number of rotatable bonds is 4. The molecule has 0 atom stereocenters. The molecule has 4 aliphatic rings. The molecule has 1 N–H and O–H groups in total. The summed E-state index contributed by atoms with van der Waals surface area (Å²) in [5.41, 5.74) is 0.115. The van der Waals surface area contributed by atoms with Crippen LogP contribution in [0.2, 0.25) is 0 Å². The van der Waals surface area contributed by atoms with Gasteiger partial charge in [-0.1, -0.05) is 0 Å². The second kappa shape index (κ2) is 5.87. The van der Waals surface area contributed by atoms with E-state index in [0.717, 1.165) is 61.1 Å². The molecule has 0 aliphatic heterocycles. The van der Waals surface area contributed by atoms with Crippen molar-refractivity contribution in [3.05, 3.63) is 40.6 Å². The second-order valence-corrected chi connectivity index (χ2v) is 8.68.